The highest BCUT2D eigenvalue weighted by molar-refractivity contribution is 5.64. The molecule has 2 N–H and O–H groups in total. The smallest absolute Gasteiger partial charge is 0.296 e. The highest BCUT2D eigenvalue weighted by Gasteiger charge is 2.21. The maximum atomic E-state index is 10.9. The first kappa shape index (κ1) is 12.7. The van der Waals surface area contributed by atoms with Crippen LogP contribution in [0.1, 0.15) is 32.6 Å². The van der Waals surface area contributed by atoms with Gasteiger partial charge in [-0.2, -0.15) is 0 Å². The number of anilines is 1. The molecule has 1 saturated carbocycles. The lowest BCUT2D eigenvalue weighted by atomic mass is 9.87. The molecule has 1 aliphatic carbocycles. The van der Waals surface area contributed by atoms with E-state index in [9.17, 15) is 15.2 Å². The van der Waals surface area contributed by atoms with Gasteiger partial charge >= 0.3 is 0 Å². The number of benzene rings is 1. The largest absolute Gasteiger partial charge is 0.508 e. The van der Waals surface area contributed by atoms with Crippen molar-refractivity contribution in [2.75, 3.05) is 5.32 Å². The third-order valence-corrected chi connectivity index (χ3v) is 3.55. The average molecular weight is 250 g/mol. The van der Waals surface area contributed by atoms with Gasteiger partial charge in [0.25, 0.3) is 5.69 Å². The molecule has 0 aromatic heterocycles. The molecule has 1 aliphatic rings. The molecule has 1 fully saturated rings. The Balaban J connectivity index is 2.11. The van der Waals surface area contributed by atoms with E-state index < -0.39 is 4.92 Å². The Morgan fingerprint density at radius 2 is 2.00 bits per heavy atom. The summed E-state index contributed by atoms with van der Waals surface area (Å²) >= 11 is 0. The van der Waals surface area contributed by atoms with Crippen LogP contribution in [0, 0.1) is 16.0 Å². The fraction of sp³-hybridized carbons (Fsp3) is 0.538. The average Bonchev–Trinajstić information content (AvgIpc) is 2.34. The Morgan fingerprint density at radius 1 is 1.33 bits per heavy atom. The van der Waals surface area contributed by atoms with Crippen molar-refractivity contribution in [1.29, 1.82) is 0 Å². The van der Waals surface area contributed by atoms with Crippen LogP contribution in [0.5, 0.6) is 5.75 Å². The maximum Gasteiger partial charge on any atom is 0.296 e. The zero-order valence-corrected chi connectivity index (χ0v) is 10.4. The molecule has 5 nitrogen and oxygen atoms in total. The van der Waals surface area contributed by atoms with Gasteiger partial charge in [-0.25, -0.2) is 0 Å². The van der Waals surface area contributed by atoms with Crippen molar-refractivity contribution in [1.82, 2.24) is 0 Å². The highest BCUT2D eigenvalue weighted by Crippen LogP contribution is 2.32. The second-order valence-electron chi connectivity index (χ2n) is 5.06. The normalized spacial score (nSPS) is 23.6. The molecule has 0 heterocycles. The second-order valence-corrected chi connectivity index (χ2v) is 5.06. The van der Waals surface area contributed by atoms with E-state index in [1.54, 1.807) is 6.07 Å². The summed E-state index contributed by atoms with van der Waals surface area (Å²) < 4.78 is 0. The predicted molar refractivity (Wildman–Crippen MR) is 69.8 cm³/mol. The summed E-state index contributed by atoms with van der Waals surface area (Å²) in [5, 5.41) is 23.4. The van der Waals surface area contributed by atoms with Crippen molar-refractivity contribution in [2.24, 2.45) is 5.92 Å². The Hall–Kier alpha value is -1.78. The minimum atomic E-state index is -0.465. The van der Waals surface area contributed by atoms with Crippen molar-refractivity contribution < 1.29 is 10.0 Å². The van der Waals surface area contributed by atoms with Gasteiger partial charge in [-0.15, -0.1) is 0 Å². The molecule has 0 atom stereocenters. The Morgan fingerprint density at radius 3 is 2.61 bits per heavy atom. The summed E-state index contributed by atoms with van der Waals surface area (Å²) in [6.07, 6.45) is 4.39. The molecule has 0 unspecified atom stereocenters. The number of hydrogen-bond donors (Lipinski definition) is 2. The topological polar surface area (TPSA) is 75.4 Å². The molecule has 0 aliphatic heterocycles. The first-order chi connectivity index (χ1) is 8.56. The number of phenols is 1. The standard InChI is InChI=1S/C13H18N2O3/c1-9-2-4-10(5-3-9)14-12-7-6-11(16)8-13(12)15(17)18/h6-10,14,16H,2-5H2,1H3. The van der Waals surface area contributed by atoms with Crippen LogP contribution in [0.4, 0.5) is 11.4 Å². The molecular formula is C13H18N2O3. The summed E-state index contributed by atoms with van der Waals surface area (Å²) in [5.74, 6) is 0.669. The fourth-order valence-corrected chi connectivity index (χ4v) is 2.42. The molecule has 0 radical (unpaired) electrons. The number of nitrogens with one attached hydrogen (secondary N) is 1. The lowest BCUT2D eigenvalue weighted by Gasteiger charge is -2.27. The van der Waals surface area contributed by atoms with Crippen LogP contribution in [-0.4, -0.2) is 16.1 Å². The van der Waals surface area contributed by atoms with E-state index in [-0.39, 0.29) is 11.4 Å². The third kappa shape index (κ3) is 2.91. The van der Waals surface area contributed by atoms with Gasteiger partial charge in [0.2, 0.25) is 0 Å². The molecule has 1 aromatic rings. The van der Waals surface area contributed by atoms with Gasteiger partial charge in [0, 0.05) is 6.04 Å². The second kappa shape index (κ2) is 5.25. The van der Waals surface area contributed by atoms with E-state index in [1.165, 1.54) is 12.1 Å². The van der Waals surface area contributed by atoms with Crippen LogP contribution in [-0.2, 0) is 0 Å². The molecule has 18 heavy (non-hydrogen) atoms. The SMILES string of the molecule is CC1CCC(Nc2ccc(O)cc2[N+](=O)[O-])CC1. The number of nitrogens with zero attached hydrogens (tertiary/aromatic N) is 1. The summed E-state index contributed by atoms with van der Waals surface area (Å²) in [6, 6.07) is 4.53. The summed E-state index contributed by atoms with van der Waals surface area (Å²) in [4.78, 5) is 10.5. The number of phenolic OH excluding ortho intramolecular Hbond substituents is 1. The van der Waals surface area contributed by atoms with Crippen LogP contribution in [0.25, 0.3) is 0 Å². The van der Waals surface area contributed by atoms with Crippen molar-refractivity contribution in [3.63, 3.8) is 0 Å². The van der Waals surface area contributed by atoms with Crippen molar-refractivity contribution >= 4 is 11.4 Å². The highest BCUT2D eigenvalue weighted by atomic mass is 16.6. The Bertz CT molecular complexity index is 440. The molecule has 0 spiro atoms. The molecule has 5 heteroatoms. The maximum absolute atomic E-state index is 10.9. The Kier molecular flexibility index (Phi) is 3.69. The van der Waals surface area contributed by atoms with Gasteiger partial charge in [-0.1, -0.05) is 6.92 Å². The van der Waals surface area contributed by atoms with Gasteiger partial charge in [-0.05, 0) is 43.7 Å². The van der Waals surface area contributed by atoms with E-state index in [0.717, 1.165) is 31.6 Å². The van der Waals surface area contributed by atoms with Gasteiger partial charge in [0.1, 0.15) is 11.4 Å². The van der Waals surface area contributed by atoms with E-state index in [1.807, 2.05) is 0 Å². The molecule has 0 saturated heterocycles. The van der Waals surface area contributed by atoms with Gasteiger partial charge in [0.15, 0.2) is 0 Å². The van der Waals surface area contributed by atoms with E-state index in [2.05, 4.69) is 12.2 Å². The molecule has 98 valence electrons. The van der Waals surface area contributed by atoms with E-state index >= 15 is 0 Å². The van der Waals surface area contributed by atoms with Gasteiger partial charge in [0.05, 0.1) is 11.0 Å². The van der Waals surface area contributed by atoms with Crippen molar-refractivity contribution in [3.05, 3.63) is 28.3 Å². The van der Waals surface area contributed by atoms with Crippen LogP contribution in [0.3, 0.4) is 0 Å². The molecular weight excluding hydrogens is 232 g/mol. The predicted octanol–water partition coefficient (Wildman–Crippen LogP) is 3.29. The summed E-state index contributed by atoms with van der Waals surface area (Å²) in [6.45, 7) is 2.24. The van der Waals surface area contributed by atoms with Gasteiger partial charge in [-0.3, -0.25) is 10.1 Å². The van der Waals surface area contributed by atoms with Crippen LogP contribution >= 0.6 is 0 Å². The molecule has 0 bridgehead atoms. The lowest BCUT2D eigenvalue weighted by Crippen LogP contribution is -2.25. The number of nitro benzene ring substituents is 1. The zero-order chi connectivity index (χ0) is 13.1. The van der Waals surface area contributed by atoms with Crippen LogP contribution in [0.2, 0.25) is 0 Å². The summed E-state index contributed by atoms with van der Waals surface area (Å²) in [7, 11) is 0. The molecule has 0 amide bonds. The van der Waals surface area contributed by atoms with Gasteiger partial charge < -0.3 is 10.4 Å². The minimum absolute atomic E-state index is 0.0615. The number of rotatable bonds is 3. The fourth-order valence-electron chi connectivity index (χ4n) is 2.42. The number of aromatic hydroxyl groups is 1. The van der Waals surface area contributed by atoms with E-state index in [4.69, 9.17) is 0 Å². The first-order valence-corrected chi connectivity index (χ1v) is 6.30. The molecule has 1 aromatic carbocycles. The zero-order valence-electron chi connectivity index (χ0n) is 10.4. The number of hydrogen-bond acceptors (Lipinski definition) is 4. The monoisotopic (exact) mass is 250 g/mol. The van der Waals surface area contributed by atoms with Crippen molar-refractivity contribution in [3.8, 4) is 5.75 Å². The van der Waals surface area contributed by atoms with Crippen molar-refractivity contribution in [2.45, 2.75) is 38.6 Å². The minimum Gasteiger partial charge on any atom is -0.508 e. The van der Waals surface area contributed by atoms with Crippen LogP contribution in [0.15, 0.2) is 18.2 Å². The first-order valence-electron chi connectivity index (χ1n) is 6.30. The summed E-state index contributed by atoms with van der Waals surface area (Å²) in [5.41, 5.74) is 0.436. The van der Waals surface area contributed by atoms with Crippen LogP contribution < -0.4 is 5.32 Å². The molecule has 2 rings (SSSR count). The quantitative estimate of drug-likeness (QED) is 0.490. The number of nitro groups is 1. The Labute approximate surface area is 106 Å². The van der Waals surface area contributed by atoms with E-state index in [0.29, 0.717) is 11.7 Å². The third-order valence-electron chi connectivity index (χ3n) is 3.55. The lowest BCUT2D eigenvalue weighted by molar-refractivity contribution is -0.384.